The Morgan fingerprint density at radius 3 is 2.08 bits per heavy atom. The van der Waals surface area contributed by atoms with Gasteiger partial charge in [-0.3, -0.25) is 0 Å². The van der Waals surface area contributed by atoms with Gasteiger partial charge in [0.25, 0.3) is 0 Å². The van der Waals surface area contributed by atoms with E-state index in [1.807, 2.05) is 0 Å². The van der Waals surface area contributed by atoms with Crippen molar-refractivity contribution in [1.82, 2.24) is 5.32 Å². The van der Waals surface area contributed by atoms with Crippen LogP contribution in [0.4, 0.5) is 0 Å². The molecule has 0 aliphatic heterocycles. The molecule has 0 aliphatic carbocycles. The second-order valence-corrected chi connectivity index (χ2v) is 4.12. The van der Waals surface area contributed by atoms with Gasteiger partial charge in [-0.25, -0.2) is 0 Å². The average Bonchev–Trinajstić information content (AvgIpc) is 1.85. The summed E-state index contributed by atoms with van der Waals surface area (Å²) in [5.74, 6) is 0. The Labute approximate surface area is 87.7 Å². The van der Waals surface area contributed by atoms with Crippen LogP contribution in [0.25, 0.3) is 0 Å². The maximum absolute atomic E-state index is 3.40. The Balaban J connectivity index is 0. The molecule has 0 saturated carbocycles. The van der Waals surface area contributed by atoms with Gasteiger partial charge in [-0.05, 0) is 13.0 Å². The molecule has 12 heavy (non-hydrogen) atoms. The number of hydrogen-bond donors (Lipinski definition) is 1. The smallest absolute Gasteiger partial charge is 0.0792 e. The van der Waals surface area contributed by atoms with Crippen LogP contribution in [0.2, 0.25) is 0 Å². The van der Waals surface area contributed by atoms with Gasteiger partial charge < -0.3 is 26.8 Å². The van der Waals surface area contributed by atoms with Crippen molar-refractivity contribution in [3.05, 3.63) is 0 Å². The zero-order valence-electron chi connectivity index (χ0n) is 8.86. The lowest BCUT2D eigenvalue weighted by molar-refractivity contribution is -0.870. The highest BCUT2D eigenvalue weighted by Gasteiger charge is 2.04. The Kier molecular flexibility index (Phi) is 9.96. The number of hydrogen-bond acceptors (Lipinski definition) is 1. The number of nitrogens with one attached hydrogen (secondary N) is 1. The normalized spacial score (nSPS) is 11.0. The number of nitrogens with zero attached hydrogens (tertiary/aromatic N) is 1. The fourth-order valence-corrected chi connectivity index (χ4v) is 0.980. The van der Waals surface area contributed by atoms with Gasteiger partial charge >= 0.3 is 0 Å². The SMILES string of the molecule is CCCNCCC[N+](C)(C)C.[Br-]. The molecule has 0 rings (SSSR count). The molecule has 0 radical (unpaired) electrons. The fraction of sp³-hybridized carbons (Fsp3) is 1.00. The van der Waals surface area contributed by atoms with Crippen LogP contribution in [0.5, 0.6) is 0 Å². The lowest BCUT2D eigenvalue weighted by atomic mass is 10.3. The number of halogens is 1. The predicted octanol–water partition coefficient (Wildman–Crippen LogP) is -1.91. The summed E-state index contributed by atoms with van der Waals surface area (Å²) in [6.07, 6.45) is 2.52. The molecule has 0 unspecified atom stereocenters. The third-order valence-electron chi connectivity index (χ3n) is 1.61. The summed E-state index contributed by atoms with van der Waals surface area (Å²) in [5.41, 5.74) is 0. The summed E-state index contributed by atoms with van der Waals surface area (Å²) in [6.45, 7) is 5.80. The molecule has 0 aromatic carbocycles. The van der Waals surface area contributed by atoms with Crippen molar-refractivity contribution in [1.29, 1.82) is 0 Å². The van der Waals surface area contributed by atoms with E-state index in [0.717, 1.165) is 11.0 Å². The van der Waals surface area contributed by atoms with Crippen LogP contribution in [0.1, 0.15) is 19.8 Å². The molecule has 0 aromatic heterocycles. The first-order chi connectivity index (χ1) is 5.06. The summed E-state index contributed by atoms with van der Waals surface area (Å²) in [6, 6.07) is 0. The van der Waals surface area contributed by atoms with Crippen LogP contribution in [-0.2, 0) is 0 Å². The molecule has 0 amide bonds. The topological polar surface area (TPSA) is 12.0 Å². The lowest BCUT2D eigenvalue weighted by Gasteiger charge is -2.23. The first-order valence-electron chi connectivity index (χ1n) is 4.57. The first kappa shape index (κ1) is 14.9. The zero-order valence-corrected chi connectivity index (χ0v) is 10.4. The molecule has 0 aliphatic rings. The van der Waals surface area contributed by atoms with Crippen molar-refractivity contribution in [2.45, 2.75) is 19.8 Å². The largest absolute Gasteiger partial charge is 1.00 e. The fourth-order valence-electron chi connectivity index (χ4n) is 0.980. The molecule has 0 bridgehead atoms. The molecule has 0 spiro atoms. The van der Waals surface area contributed by atoms with Crippen LogP contribution in [0.15, 0.2) is 0 Å². The zero-order chi connectivity index (χ0) is 8.74. The van der Waals surface area contributed by atoms with Crippen LogP contribution >= 0.6 is 0 Å². The molecule has 76 valence electrons. The molecule has 0 fully saturated rings. The number of rotatable bonds is 6. The van der Waals surface area contributed by atoms with Crippen LogP contribution in [-0.4, -0.2) is 45.3 Å². The summed E-state index contributed by atoms with van der Waals surface area (Å²) in [4.78, 5) is 0. The van der Waals surface area contributed by atoms with E-state index in [2.05, 4.69) is 33.4 Å². The van der Waals surface area contributed by atoms with Crippen LogP contribution in [0.3, 0.4) is 0 Å². The number of quaternary nitrogens is 1. The molecule has 0 atom stereocenters. The van der Waals surface area contributed by atoms with Crippen molar-refractivity contribution in [3.8, 4) is 0 Å². The van der Waals surface area contributed by atoms with Crippen molar-refractivity contribution in [3.63, 3.8) is 0 Å². The molecule has 0 saturated heterocycles. The maximum atomic E-state index is 3.40. The highest BCUT2D eigenvalue weighted by Crippen LogP contribution is 1.91. The molecule has 2 nitrogen and oxygen atoms in total. The van der Waals surface area contributed by atoms with Gasteiger partial charge in [-0.1, -0.05) is 6.92 Å². The monoisotopic (exact) mass is 238 g/mol. The Morgan fingerprint density at radius 1 is 1.08 bits per heavy atom. The third-order valence-corrected chi connectivity index (χ3v) is 1.61. The van der Waals surface area contributed by atoms with E-state index in [-0.39, 0.29) is 17.0 Å². The molecule has 1 N–H and O–H groups in total. The minimum absolute atomic E-state index is 0. The van der Waals surface area contributed by atoms with E-state index >= 15 is 0 Å². The van der Waals surface area contributed by atoms with Gasteiger partial charge in [0.05, 0.1) is 27.7 Å². The van der Waals surface area contributed by atoms with E-state index in [4.69, 9.17) is 0 Å². The van der Waals surface area contributed by atoms with Crippen molar-refractivity contribution in [2.24, 2.45) is 0 Å². The second-order valence-electron chi connectivity index (χ2n) is 4.12. The Bertz CT molecular complexity index is 89.0. The Hall–Kier alpha value is 0.400. The van der Waals surface area contributed by atoms with Gasteiger partial charge in [0.2, 0.25) is 0 Å². The van der Waals surface area contributed by atoms with E-state index in [0.29, 0.717) is 0 Å². The maximum Gasteiger partial charge on any atom is 0.0792 e. The minimum atomic E-state index is 0. The molecule has 0 heterocycles. The molecular formula is C9H23BrN2. The highest BCUT2D eigenvalue weighted by atomic mass is 79.9. The van der Waals surface area contributed by atoms with Gasteiger partial charge in [-0.2, -0.15) is 0 Å². The van der Waals surface area contributed by atoms with E-state index < -0.39 is 0 Å². The van der Waals surface area contributed by atoms with E-state index in [9.17, 15) is 0 Å². The van der Waals surface area contributed by atoms with Crippen molar-refractivity contribution >= 4 is 0 Å². The summed E-state index contributed by atoms with van der Waals surface area (Å²) >= 11 is 0. The molecular weight excluding hydrogens is 216 g/mol. The molecule has 3 heteroatoms. The van der Waals surface area contributed by atoms with Gasteiger partial charge in [0.1, 0.15) is 0 Å². The highest BCUT2D eigenvalue weighted by molar-refractivity contribution is 4.44. The van der Waals surface area contributed by atoms with Gasteiger partial charge in [0.15, 0.2) is 0 Å². The van der Waals surface area contributed by atoms with E-state index in [1.165, 1.54) is 25.9 Å². The van der Waals surface area contributed by atoms with E-state index in [1.54, 1.807) is 0 Å². The quantitative estimate of drug-likeness (QED) is 0.421. The van der Waals surface area contributed by atoms with Gasteiger partial charge in [0, 0.05) is 13.0 Å². The first-order valence-corrected chi connectivity index (χ1v) is 4.57. The van der Waals surface area contributed by atoms with Crippen molar-refractivity contribution < 1.29 is 21.5 Å². The Morgan fingerprint density at radius 2 is 1.67 bits per heavy atom. The third kappa shape index (κ3) is 13.0. The predicted molar refractivity (Wildman–Crippen MR) is 50.7 cm³/mol. The second kappa shape index (κ2) is 8.02. The van der Waals surface area contributed by atoms with Crippen LogP contribution < -0.4 is 22.3 Å². The van der Waals surface area contributed by atoms with Crippen molar-refractivity contribution in [2.75, 3.05) is 40.8 Å². The van der Waals surface area contributed by atoms with Gasteiger partial charge in [-0.15, -0.1) is 0 Å². The standard InChI is InChI=1S/C9H23N2.BrH/c1-5-7-10-8-6-9-11(2,3)4;/h10H,5-9H2,1-4H3;1H/q+1;/p-1. The summed E-state index contributed by atoms with van der Waals surface area (Å²) in [5, 5.41) is 3.40. The lowest BCUT2D eigenvalue weighted by Crippen LogP contribution is -3.00. The minimum Gasteiger partial charge on any atom is -1.00 e. The molecule has 0 aromatic rings. The summed E-state index contributed by atoms with van der Waals surface area (Å²) in [7, 11) is 6.71. The van der Waals surface area contributed by atoms with Crippen LogP contribution in [0, 0.1) is 0 Å². The summed E-state index contributed by atoms with van der Waals surface area (Å²) < 4.78 is 1.08. The average molecular weight is 239 g/mol.